The van der Waals surface area contributed by atoms with Crippen LogP contribution >= 0.6 is 0 Å². The fraction of sp³-hybridized carbons (Fsp3) is 0.875. The van der Waals surface area contributed by atoms with E-state index in [9.17, 15) is 4.79 Å². The van der Waals surface area contributed by atoms with Gasteiger partial charge in [0.2, 0.25) is 0 Å². The molecule has 4 heteroatoms. The Morgan fingerprint density at radius 2 is 2.33 bits per heavy atom. The van der Waals surface area contributed by atoms with Gasteiger partial charge in [-0.1, -0.05) is 0 Å². The average molecular weight is 173 g/mol. The van der Waals surface area contributed by atoms with Crippen LogP contribution in [0.15, 0.2) is 0 Å². The molecule has 0 aromatic carbocycles. The summed E-state index contributed by atoms with van der Waals surface area (Å²) in [5, 5.41) is 1.26. The van der Waals surface area contributed by atoms with Crippen molar-refractivity contribution in [1.29, 1.82) is 0 Å². The zero-order valence-corrected chi connectivity index (χ0v) is 7.74. The fourth-order valence-electron chi connectivity index (χ4n) is 1.34. The molecule has 1 saturated heterocycles. The lowest BCUT2D eigenvalue weighted by Crippen LogP contribution is -2.32. The first-order valence-electron chi connectivity index (χ1n) is 4.08. The zero-order valence-electron chi connectivity index (χ0n) is 7.74. The van der Waals surface area contributed by atoms with E-state index in [-0.39, 0.29) is 17.9 Å². The molecule has 0 bridgehead atoms. The molecular formula is C8H15NO3. The molecule has 0 saturated carbocycles. The number of carbonyl (C=O) groups is 1. The number of rotatable bonds is 2. The minimum Gasteiger partial charge on any atom is -0.378 e. The Kier molecular flexibility index (Phi) is 3.05. The van der Waals surface area contributed by atoms with Crippen LogP contribution in [0.3, 0.4) is 0 Å². The van der Waals surface area contributed by atoms with Gasteiger partial charge in [0.15, 0.2) is 0 Å². The van der Waals surface area contributed by atoms with Gasteiger partial charge in [0.25, 0.3) is 5.91 Å². The monoisotopic (exact) mass is 173 g/mol. The predicted octanol–water partition coefficient (Wildman–Crippen LogP) is 0.431. The van der Waals surface area contributed by atoms with Crippen molar-refractivity contribution < 1.29 is 14.4 Å². The van der Waals surface area contributed by atoms with Gasteiger partial charge < -0.3 is 4.74 Å². The highest BCUT2D eigenvalue weighted by Gasteiger charge is 2.30. The van der Waals surface area contributed by atoms with Crippen molar-refractivity contribution in [1.82, 2.24) is 5.06 Å². The summed E-state index contributed by atoms with van der Waals surface area (Å²) in [6.45, 7) is 2.49. The molecule has 1 heterocycles. The van der Waals surface area contributed by atoms with Gasteiger partial charge in [0, 0.05) is 7.05 Å². The second kappa shape index (κ2) is 3.87. The highest BCUT2D eigenvalue weighted by molar-refractivity contribution is 5.77. The van der Waals surface area contributed by atoms with E-state index >= 15 is 0 Å². The van der Waals surface area contributed by atoms with Crippen LogP contribution in [-0.2, 0) is 14.4 Å². The molecule has 1 fully saturated rings. The van der Waals surface area contributed by atoms with Gasteiger partial charge in [0.05, 0.1) is 25.7 Å². The summed E-state index contributed by atoms with van der Waals surface area (Å²) in [7, 11) is 3.10. The number of amides is 1. The van der Waals surface area contributed by atoms with Gasteiger partial charge in [-0.2, -0.15) is 0 Å². The average Bonchev–Trinajstić information content (AvgIpc) is 2.49. The lowest BCUT2D eigenvalue weighted by molar-refractivity contribution is -0.173. The van der Waals surface area contributed by atoms with Crippen LogP contribution in [0, 0.1) is 5.92 Å². The topological polar surface area (TPSA) is 38.8 Å². The first-order chi connectivity index (χ1) is 5.65. The van der Waals surface area contributed by atoms with E-state index in [4.69, 9.17) is 9.57 Å². The Balaban J connectivity index is 2.43. The minimum atomic E-state index is -0.0232. The summed E-state index contributed by atoms with van der Waals surface area (Å²) in [5.41, 5.74) is 0. The van der Waals surface area contributed by atoms with E-state index in [1.54, 1.807) is 7.05 Å². The number of ether oxygens (including phenoxy) is 1. The van der Waals surface area contributed by atoms with Gasteiger partial charge in [-0.15, -0.1) is 0 Å². The van der Waals surface area contributed by atoms with Crippen LogP contribution in [0.5, 0.6) is 0 Å². The summed E-state index contributed by atoms with van der Waals surface area (Å²) in [6.07, 6.45) is 0.996. The molecule has 0 radical (unpaired) electrons. The van der Waals surface area contributed by atoms with Gasteiger partial charge in [-0.25, -0.2) is 5.06 Å². The van der Waals surface area contributed by atoms with Crippen LogP contribution in [0.1, 0.15) is 13.3 Å². The van der Waals surface area contributed by atoms with Gasteiger partial charge in [-0.05, 0) is 13.3 Å². The largest absolute Gasteiger partial charge is 0.378 e. The third kappa shape index (κ3) is 1.95. The van der Waals surface area contributed by atoms with Crippen molar-refractivity contribution in [2.24, 2.45) is 5.92 Å². The first kappa shape index (κ1) is 9.48. The van der Waals surface area contributed by atoms with Crippen molar-refractivity contribution in [3.8, 4) is 0 Å². The Bertz CT molecular complexity index is 172. The molecule has 1 aliphatic rings. The fourth-order valence-corrected chi connectivity index (χ4v) is 1.34. The van der Waals surface area contributed by atoms with E-state index in [1.165, 1.54) is 12.2 Å². The molecule has 1 rings (SSSR count). The lowest BCUT2D eigenvalue weighted by Gasteiger charge is -2.16. The molecule has 0 aromatic rings. The van der Waals surface area contributed by atoms with Crippen molar-refractivity contribution in [2.45, 2.75) is 19.4 Å². The maximum absolute atomic E-state index is 11.4. The summed E-state index contributed by atoms with van der Waals surface area (Å²) in [5.74, 6) is -0.0215. The van der Waals surface area contributed by atoms with Crippen molar-refractivity contribution in [3.63, 3.8) is 0 Å². The third-order valence-corrected chi connectivity index (χ3v) is 2.13. The maximum Gasteiger partial charge on any atom is 0.251 e. The smallest absolute Gasteiger partial charge is 0.251 e. The van der Waals surface area contributed by atoms with Crippen LogP contribution in [-0.4, -0.2) is 37.8 Å². The molecule has 0 aliphatic carbocycles. The van der Waals surface area contributed by atoms with Crippen molar-refractivity contribution in [3.05, 3.63) is 0 Å². The highest BCUT2D eigenvalue weighted by atomic mass is 16.7. The van der Waals surface area contributed by atoms with Crippen LogP contribution in [0.4, 0.5) is 0 Å². The van der Waals surface area contributed by atoms with Crippen LogP contribution < -0.4 is 0 Å². The molecule has 70 valence electrons. The number of nitrogens with zero attached hydrogens (tertiary/aromatic N) is 1. The molecular weight excluding hydrogens is 158 g/mol. The zero-order chi connectivity index (χ0) is 9.14. The molecule has 0 aromatic heterocycles. The number of hydrogen-bond acceptors (Lipinski definition) is 3. The van der Waals surface area contributed by atoms with Gasteiger partial charge in [-0.3, -0.25) is 9.63 Å². The number of carbonyl (C=O) groups excluding carboxylic acids is 1. The molecule has 2 atom stereocenters. The Morgan fingerprint density at radius 1 is 1.67 bits per heavy atom. The van der Waals surface area contributed by atoms with Gasteiger partial charge >= 0.3 is 0 Å². The molecule has 0 spiro atoms. The standard InChI is InChI=1S/C8H15NO3/c1-6-4-7(5-12-6)8(10)9(2)11-3/h6-7H,4-5H2,1-3H3/t6-,7+/m0/s1. The quantitative estimate of drug-likeness (QED) is 0.568. The normalized spacial score (nSPS) is 28.9. The Morgan fingerprint density at radius 3 is 2.75 bits per heavy atom. The van der Waals surface area contributed by atoms with Crippen LogP contribution in [0.2, 0.25) is 0 Å². The minimum absolute atomic E-state index is 0.00171. The summed E-state index contributed by atoms with van der Waals surface area (Å²) < 4.78 is 5.28. The maximum atomic E-state index is 11.4. The highest BCUT2D eigenvalue weighted by Crippen LogP contribution is 2.20. The Labute approximate surface area is 72.4 Å². The van der Waals surface area contributed by atoms with E-state index < -0.39 is 0 Å². The summed E-state index contributed by atoms with van der Waals surface area (Å²) >= 11 is 0. The van der Waals surface area contributed by atoms with Crippen molar-refractivity contribution in [2.75, 3.05) is 20.8 Å². The molecule has 4 nitrogen and oxygen atoms in total. The number of hydrogen-bond donors (Lipinski definition) is 0. The van der Waals surface area contributed by atoms with Gasteiger partial charge in [0.1, 0.15) is 0 Å². The van der Waals surface area contributed by atoms with Crippen LogP contribution in [0.25, 0.3) is 0 Å². The molecule has 0 N–H and O–H groups in total. The second-order valence-electron chi connectivity index (χ2n) is 3.09. The van der Waals surface area contributed by atoms with E-state index in [0.29, 0.717) is 6.61 Å². The number of hydroxylamine groups is 2. The SMILES string of the molecule is CON(C)C(=O)[C@H]1CO[C@@H](C)C1. The molecule has 0 unspecified atom stereocenters. The molecule has 1 amide bonds. The molecule has 12 heavy (non-hydrogen) atoms. The van der Waals surface area contributed by atoms with Crippen molar-refractivity contribution >= 4 is 5.91 Å². The second-order valence-corrected chi connectivity index (χ2v) is 3.09. The summed E-state index contributed by atoms with van der Waals surface area (Å²) in [4.78, 5) is 16.2. The van der Waals surface area contributed by atoms with E-state index in [0.717, 1.165) is 6.42 Å². The summed E-state index contributed by atoms with van der Waals surface area (Å²) in [6, 6.07) is 0. The third-order valence-electron chi connectivity index (χ3n) is 2.13. The van der Waals surface area contributed by atoms with E-state index in [2.05, 4.69) is 0 Å². The first-order valence-corrected chi connectivity index (χ1v) is 4.08. The predicted molar refractivity (Wildman–Crippen MR) is 43.3 cm³/mol. The van der Waals surface area contributed by atoms with E-state index in [1.807, 2.05) is 6.92 Å². The molecule has 1 aliphatic heterocycles. The Hall–Kier alpha value is -0.610. The lowest BCUT2D eigenvalue weighted by atomic mass is 10.1.